The molecule has 2 amide bonds. The summed E-state index contributed by atoms with van der Waals surface area (Å²) in [6.07, 6.45) is 4.36. The van der Waals surface area contributed by atoms with E-state index in [0.29, 0.717) is 17.9 Å². The lowest BCUT2D eigenvalue weighted by molar-refractivity contribution is 0.0526. The van der Waals surface area contributed by atoms with E-state index in [0.717, 1.165) is 31.6 Å². The van der Waals surface area contributed by atoms with Crippen LogP contribution in [0.2, 0.25) is 0 Å². The van der Waals surface area contributed by atoms with Crippen LogP contribution in [0.5, 0.6) is 0 Å². The minimum Gasteiger partial charge on any atom is -0.462 e. The number of rotatable bonds is 4. The molecule has 1 aliphatic carbocycles. The van der Waals surface area contributed by atoms with Gasteiger partial charge >= 0.3 is 12.0 Å². The molecule has 0 bridgehead atoms. The van der Waals surface area contributed by atoms with Crippen molar-refractivity contribution in [1.82, 2.24) is 5.32 Å². The number of ether oxygens (including phenoxy) is 1. The minimum atomic E-state index is -0.382. The van der Waals surface area contributed by atoms with Crippen LogP contribution < -0.4 is 10.6 Å². The highest BCUT2D eigenvalue weighted by Gasteiger charge is 2.19. The van der Waals surface area contributed by atoms with Crippen molar-refractivity contribution in [1.29, 1.82) is 0 Å². The number of carbonyl (C=O) groups is 2. The first-order valence-electron chi connectivity index (χ1n) is 7.93. The van der Waals surface area contributed by atoms with Crippen LogP contribution in [0.3, 0.4) is 0 Å². The van der Waals surface area contributed by atoms with Crippen LogP contribution in [-0.2, 0) is 4.74 Å². The Hall–Kier alpha value is -2.04. The second kappa shape index (κ2) is 7.82. The zero-order chi connectivity index (χ0) is 15.9. The van der Waals surface area contributed by atoms with E-state index >= 15 is 0 Å². The smallest absolute Gasteiger partial charge is 0.338 e. The van der Waals surface area contributed by atoms with E-state index in [4.69, 9.17) is 4.74 Å². The predicted octanol–water partition coefficient (Wildman–Crippen LogP) is 3.56. The van der Waals surface area contributed by atoms with Crippen molar-refractivity contribution >= 4 is 17.7 Å². The van der Waals surface area contributed by atoms with Crippen molar-refractivity contribution in [2.45, 2.75) is 45.6 Å². The molecule has 1 fully saturated rings. The summed E-state index contributed by atoms with van der Waals surface area (Å²) in [5.74, 6) is 0.371. The number of urea groups is 1. The van der Waals surface area contributed by atoms with Crippen molar-refractivity contribution in [2.75, 3.05) is 11.9 Å². The van der Waals surface area contributed by atoms with Crippen LogP contribution >= 0.6 is 0 Å². The topological polar surface area (TPSA) is 67.4 Å². The molecule has 0 saturated heterocycles. The number of anilines is 1. The van der Waals surface area contributed by atoms with Crippen molar-refractivity contribution in [3.8, 4) is 0 Å². The number of benzene rings is 1. The monoisotopic (exact) mass is 304 g/mol. The Bertz CT molecular complexity index is 522. The summed E-state index contributed by atoms with van der Waals surface area (Å²) in [7, 11) is 0. The SMILES string of the molecule is CCOC(=O)c1cccc(NC(=O)N[C@H]2CC[C@H](C)CC2)c1. The molecule has 2 rings (SSSR count). The Labute approximate surface area is 131 Å². The van der Waals surface area contributed by atoms with Gasteiger partial charge in [0.25, 0.3) is 0 Å². The van der Waals surface area contributed by atoms with Gasteiger partial charge in [-0.3, -0.25) is 0 Å². The third kappa shape index (κ3) is 4.76. The second-order valence-electron chi connectivity index (χ2n) is 5.86. The lowest BCUT2D eigenvalue weighted by atomic mass is 9.87. The Morgan fingerprint density at radius 3 is 2.64 bits per heavy atom. The lowest BCUT2D eigenvalue weighted by Crippen LogP contribution is -2.39. The minimum absolute atomic E-state index is 0.222. The van der Waals surface area contributed by atoms with Gasteiger partial charge in [-0.25, -0.2) is 9.59 Å². The molecule has 0 heterocycles. The summed E-state index contributed by atoms with van der Waals surface area (Å²) in [6, 6.07) is 6.80. The summed E-state index contributed by atoms with van der Waals surface area (Å²) in [5.41, 5.74) is 1.03. The van der Waals surface area contributed by atoms with Gasteiger partial charge in [0.1, 0.15) is 0 Å². The van der Waals surface area contributed by atoms with Crippen LogP contribution in [0.15, 0.2) is 24.3 Å². The predicted molar refractivity (Wildman–Crippen MR) is 86.0 cm³/mol. The average molecular weight is 304 g/mol. The van der Waals surface area contributed by atoms with E-state index in [1.807, 2.05) is 0 Å². The van der Waals surface area contributed by atoms with E-state index in [1.165, 1.54) is 0 Å². The molecule has 2 N–H and O–H groups in total. The summed E-state index contributed by atoms with van der Waals surface area (Å²) in [6.45, 7) is 4.34. The maximum atomic E-state index is 12.0. The van der Waals surface area contributed by atoms with E-state index < -0.39 is 0 Å². The molecule has 0 atom stereocenters. The summed E-state index contributed by atoms with van der Waals surface area (Å²) < 4.78 is 4.95. The van der Waals surface area contributed by atoms with Gasteiger partial charge in [0.05, 0.1) is 12.2 Å². The Morgan fingerprint density at radius 2 is 1.95 bits per heavy atom. The Balaban J connectivity index is 1.88. The fraction of sp³-hybridized carbons (Fsp3) is 0.529. The van der Waals surface area contributed by atoms with E-state index in [9.17, 15) is 9.59 Å². The maximum Gasteiger partial charge on any atom is 0.338 e. The molecule has 0 aliphatic heterocycles. The van der Waals surface area contributed by atoms with Crippen LogP contribution in [0.4, 0.5) is 10.5 Å². The largest absolute Gasteiger partial charge is 0.462 e. The highest BCUT2D eigenvalue weighted by Crippen LogP contribution is 2.23. The molecule has 0 spiro atoms. The molecule has 5 heteroatoms. The molecule has 0 unspecified atom stereocenters. The van der Waals surface area contributed by atoms with Gasteiger partial charge in [-0.2, -0.15) is 0 Å². The first kappa shape index (κ1) is 16.3. The van der Waals surface area contributed by atoms with Crippen molar-refractivity contribution in [3.63, 3.8) is 0 Å². The zero-order valence-electron chi connectivity index (χ0n) is 13.2. The number of hydrogen-bond acceptors (Lipinski definition) is 3. The fourth-order valence-electron chi connectivity index (χ4n) is 2.70. The highest BCUT2D eigenvalue weighted by molar-refractivity contribution is 5.94. The first-order chi connectivity index (χ1) is 10.6. The quantitative estimate of drug-likeness (QED) is 0.836. The molecule has 1 aliphatic rings. The van der Waals surface area contributed by atoms with Gasteiger partial charge in [0.15, 0.2) is 0 Å². The van der Waals surface area contributed by atoms with Gasteiger partial charge in [0.2, 0.25) is 0 Å². The Kier molecular flexibility index (Phi) is 5.81. The average Bonchev–Trinajstić information content (AvgIpc) is 2.50. The summed E-state index contributed by atoms with van der Waals surface area (Å²) in [5, 5.41) is 5.78. The number of esters is 1. The van der Waals surface area contributed by atoms with Gasteiger partial charge in [-0.1, -0.05) is 13.0 Å². The third-order valence-electron chi connectivity index (χ3n) is 3.98. The molecule has 5 nitrogen and oxygen atoms in total. The summed E-state index contributed by atoms with van der Waals surface area (Å²) in [4.78, 5) is 23.7. The van der Waals surface area contributed by atoms with Crippen molar-refractivity contribution in [2.24, 2.45) is 5.92 Å². The number of carbonyl (C=O) groups excluding carboxylic acids is 2. The molecule has 0 radical (unpaired) electrons. The van der Waals surface area contributed by atoms with Crippen molar-refractivity contribution in [3.05, 3.63) is 29.8 Å². The van der Waals surface area contributed by atoms with E-state index in [-0.39, 0.29) is 18.0 Å². The molecular formula is C17H24N2O3. The van der Waals surface area contributed by atoms with E-state index in [2.05, 4.69) is 17.6 Å². The van der Waals surface area contributed by atoms with Crippen LogP contribution in [-0.4, -0.2) is 24.6 Å². The van der Waals surface area contributed by atoms with Gasteiger partial charge in [-0.05, 0) is 56.7 Å². The third-order valence-corrected chi connectivity index (χ3v) is 3.98. The lowest BCUT2D eigenvalue weighted by Gasteiger charge is -2.26. The molecule has 1 saturated carbocycles. The van der Waals surface area contributed by atoms with Crippen LogP contribution in [0, 0.1) is 5.92 Å². The number of nitrogens with one attached hydrogen (secondary N) is 2. The van der Waals surface area contributed by atoms with Gasteiger partial charge in [-0.15, -0.1) is 0 Å². The van der Waals surface area contributed by atoms with Crippen LogP contribution in [0.25, 0.3) is 0 Å². The number of hydrogen-bond donors (Lipinski definition) is 2. The van der Waals surface area contributed by atoms with Gasteiger partial charge < -0.3 is 15.4 Å². The standard InChI is InChI=1S/C17H24N2O3/c1-3-22-16(20)13-5-4-6-15(11-13)19-17(21)18-14-9-7-12(2)8-10-14/h4-6,11-12,14H,3,7-10H2,1-2H3,(H2,18,19,21)/t12-,14-. The molecule has 22 heavy (non-hydrogen) atoms. The highest BCUT2D eigenvalue weighted by atomic mass is 16.5. The van der Waals surface area contributed by atoms with Crippen LogP contribution in [0.1, 0.15) is 49.9 Å². The number of amides is 2. The fourth-order valence-corrected chi connectivity index (χ4v) is 2.70. The molecule has 1 aromatic carbocycles. The normalized spacial score (nSPS) is 21.0. The summed E-state index contributed by atoms with van der Waals surface area (Å²) >= 11 is 0. The molecule has 0 aromatic heterocycles. The van der Waals surface area contributed by atoms with Gasteiger partial charge in [0, 0.05) is 11.7 Å². The maximum absolute atomic E-state index is 12.0. The Morgan fingerprint density at radius 1 is 1.23 bits per heavy atom. The second-order valence-corrected chi connectivity index (χ2v) is 5.86. The molecule has 1 aromatic rings. The molecule has 120 valence electrons. The molecular weight excluding hydrogens is 280 g/mol. The zero-order valence-corrected chi connectivity index (χ0v) is 13.2. The van der Waals surface area contributed by atoms with Crippen molar-refractivity contribution < 1.29 is 14.3 Å². The first-order valence-corrected chi connectivity index (χ1v) is 7.93. The van der Waals surface area contributed by atoms with E-state index in [1.54, 1.807) is 31.2 Å².